The second kappa shape index (κ2) is 9.75. The van der Waals surface area contributed by atoms with Crippen LogP contribution in [-0.4, -0.2) is 44.2 Å². The summed E-state index contributed by atoms with van der Waals surface area (Å²) in [5, 5.41) is 16.2. The first kappa shape index (κ1) is 19.7. The quantitative estimate of drug-likeness (QED) is 0.527. The molecule has 7 heteroatoms. The highest BCUT2D eigenvalue weighted by atomic mass is 16.3. The highest BCUT2D eigenvalue weighted by Gasteiger charge is 2.15. The van der Waals surface area contributed by atoms with Gasteiger partial charge in [-0.05, 0) is 30.2 Å². The molecule has 3 heterocycles. The van der Waals surface area contributed by atoms with Crippen molar-refractivity contribution in [2.45, 2.75) is 26.3 Å². The minimum atomic E-state index is -0.117. The van der Waals surface area contributed by atoms with E-state index >= 15 is 0 Å². The van der Waals surface area contributed by atoms with Crippen molar-refractivity contribution in [2.75, 3.05) is 23.8 Å². The molecule has 0 aliphatic rings. The van der Waals surface area contributed by atoms with Gasteiger partial charge in [-0.3, -0.25) is 9.97 Å². The van der Waals surface area contributed by atoms with Crippen molar-refractivity contribution in [1.29, 1.82) is 0 Å². The molecule has 146 valence electrons. The van der Waals surface area contributed by atoms with Crippen LogP contribution in [0.2, 0.25) is 0 Å². The molecule has 3 rings (SSSR count). The summed E-state index contributed by atoms with van der Waals surface area (Å²) in [4.78, 5) is 17.6. The Labute approximate surface area is 165 Å². The number of aliphatic hydroxyl groups excluding tert-OH is 1. The second-order valence-electron chi connectivity index (χ2n) is 6.87. The number of nitrogens with zero attached hydrogens (tertiary/aromatic N) is 4. The molecule has 7 nitrogen and oxygen atoms in total. The molecular weight excluding hydrogens is 352 g/mol. The lowest BCUT2D eigenvalue weighted by atomic mass is 10.1. The monoisotopic (exact) mass is 378 g/mol. The first-order valence-corrected chi connectivity index (χ1v) is 9.46. The van der Waals surface area contributed by atoms with Crippen LogP contribution >= 0.6 is 0 Å². The van der Waals surface area contributed by atoms with Crippen LogP contribution in [0.15, 0.2) is 55.0 Å². The molecular formula is C21H26N6O. The van der Waals surface area contributed by atoms with Gasteiger partial charge in [0.1, 0.15) is 5.82 Å². The predicted octanol–water partition coefficient (Wildman–Crippen LogP) is 3.02. The summed E-state index contributed by atoms with van der Waals surface area (Å²) in [6, 6.07) is 11.5. The van der Waals surface area contributed by atoms with E-state index < -0.39 is 0 Å². The van der Waals surface area contributed by atoms with Crippen molar-refractivity contribution < 1.29 is 5.11 Å². The van der Waals surface area contributed by atoms with Gasteiger partial charge in [0, 0.05) is 48.9 Å². The molecule has 0 fully saturated rings. The van der Waals surface area contributed by atoms with Crippen molar-refractivity contribution in [3.05, 3.63) is 60.7 Å². The minimum absolute atomic E-state index is 0.0168. The van der Waals surface area contributed by atoms with E-state index in [1.54, 1.807) is 18.6 Å². The van der Waals surface area contributed by atoms with Crippen molar-refractivity contribution >= 4 is 11.8 Å². The Kier molecular flexibility index (Phi) is 6.86. The summed E-state index contributed by atoms with van der Waals surface area (Å²) >= 11 is 0. The van der Waals surface area contributed by atoms with Gasteiger partial charge >= 0.3 is 0 Å². The van der Waals surface area contributed by atoms with E-state index in [4.69, 9.17) is 0 Å². The Bertz CT molecular complexity index is 857. The summed E-state index contributed by atoms with van der Waals surface area (Å²) in [5.41, 5.74) is 2.77. The lowest BCUT2D eigenvalue weighted by molar-refractivity contribution is 0.248. The number of anilines is 2. The third kappa shape index (κ3) is 5.47. The summed E-state index contributed by atoms with van der Waals surface area (Å²) in [5.74, 6) is 1.46. The minimum Gasteiger partial charge on any atom is -0.394 e. The number of pyridine rings is 2. The molecule has 0 aliphatic heterocycles. The number of hydrogen-bond acceptors (Lipinski definition) is 7. The molecule has 0 spiro atoms. The molecule has 3 N–H and O–H groups in total. The van der Waals surface area contributed by atoms with E-state index in [1.807, 2.05) is 50.2 Å². The molecule has 0 saturated carbocycles. The highest BCUT2D eigenvalue weighted by Crippen LogP contribution is 2.22. The van der Waals surface area contributed by atoms with Crippen molar-refractivity contribution in [1.82, 2.24) is 19.9 Å². The summed E-state index contributed by atoms with van der Waals surface area (Å²) in [6.45, 7) is 4.82. The third-order valence-corrected chi connectivity index (χ3v) is 4.43. The smallest absolute Gasteiger partial charge is 0.225 e. The molecule has 28 heavy (non-hydrogen) atoms. The van der Waals surface area contributed by atoms with Crippen LogP contribution in [0.1, 0.15) is 19.5 Å². The van der Waals surface area contributed by atoms with Crippen LogP contribution < -0.4 is 10.6 Å². The van der Waals surface area contributed by atoms with Crippen LogP contribution in [-0.2, 0) is 6.42 Å². The van der Waals surface area contributed by atoms with Gasteiger partial charge in [-0.2, -0.15) is 4.98 Å². The number of aromatic nitrogens is 4. The van der Waals surface area contributed by atoms with Gasteiger partial charge in [-0.15, -0.1) is 0 Å². The first-order chi connectivity index (χ1) is 13.7. The largest absolute Gasteiger partial charge is 0.394 e. The normalized spacial score (nSPS) is 12.0. The Morgan fingerprint density at radius 1 is 1.04 bits per heavy atom. The highest BCUT2D eigenvalue weighted by molar-refractivity contribution is 5.64. The van der Waals surface area contributed by atoms with Gasteiger partial charge in [0.05, 0.1) is 18.3 Å². The maximum Gasteiger partial charge on any atom is 0.225 e. The third-order valence-electron chi connectivity index (χ3n) is 4.43. The maximum atomic E-state index is 9.63. The van der Waals surface area contributed by atoms with E-state index in [1.165, 1.54) is 0 Å². The molecule has 1 atom stereocenters. The van der Waals surface area contributed by atoms with Crippen molar-refractivity contribution in [3.63, 3.8) is 0 Å². The average Bonchev–Trinajstić information content (AvgIpc) is 2.73. The Balaban J connectivity index is 1.80. The molecule has 3 aromatic rings. The molecule has 0 aromatic carbocycles. The zero-order valence-electron chi connectivity index (χ0n) is 16.2. The fraction of sp³-hybridized carbons (Fsp3) is 0.333. The zero-order valence-corrected chi connectivity index (χ0v) is 16.2. The standard InChI is InChI=1S/C21H26N6O/c1-15(2)19(14-28)26-21-25-18(16-6-10-22-11-7-16)13-20(27-21)24-12-8-17-5-3-4-9-23-17/h3-7,9-11,13,15,19,28H,8,12,14H2,1-2H3,(H2,24,25,26,27)/t19-/m0/s1. The van der Waals surface area contributed by atoms with Gasteiger partial charge in [-0.25, -0.2) is 4.98 Å². The SMILES string of the molecule is CC(C)[C@H](CO)Nc1nc(NCCc2ccccn2)cc(-c2ccncc2)n1. The summed E-state index contributed by atoms with van der Waals surface area (Å²) in [6.07, 6.45) is 6.07. The van der Waals surface area contributed by atoms with Gasteiger partial charge in [-0.1, -0.05) is 19.9 Å². The number of hydrogen-bond donors (Lipinski definition) is 3. The summed E-state index contributed by atoms with van der Waals surface area (Å²) < 4.78 is 0. The summed E-state index contributed by atoms with van der Waals surface area (Å²) in [7, 11) is 0. The van der Waals surface area contributed by atoms with E-state index in [0.29, 0.717) is 12.5 Å². The van der Waals surface area contributed by atoms with Crippen LogP contribution in [0.4, 0.5) is 11.8 Å². The van der Waals surface area contributed by atoms with Crippen molar-refractivity contribution in [3.8, 4) is 11.3 Å². The lowest BCUT2D eigenvalue weighted by Gasteiger charge is -2.20. The first-order valence-electron chi connectivity index (χ1n) is 9.46. The van der Waals surface area contributed by atoms with Crippen LogP contribution in [0.3, 0.4) is 0 Å². The van der Waals surface area contributed by atoms with Gasteiger partial charge in [0.25, 0.3) is 0 Å². The molecule has 0 unspecified atom stereocenters. The van der Waals surface area contributed by atoms with E-state index in [2.05, 4.69) is 30.6 Å². The van der Waals surface area contributed by atoms with Gasteiger partial charge in [0.2, 0.25) is 5.95 Å². The number of rotatable bonds is 9. The lowest BCUT2D eigenvalue weighted by Crippen LogP contribution is -2.30. The zero-order chi connectivity index (χ0) is 19.8. The fourth-order valence-electron chi connectivity index (χ4n) is 2.73. The topological polar surface area (TPSA) is 95.8 Å². The number of aliphatic hydroxyl groups is 1. The second-order valence-corrected chi connectivity index (χ2v) is 6.87. The van der Waals surface area contributed by atoms with E-state index in [9.17, 15) is 5.11 Å². The molecule has 0 saturated heterocycles. The molecule has 0 aliphatic carbocycles. The fourth-order valence-corrected chi connectivity index (χ4v) is 2.73. The maximum absolute atomic E-state index is 9.63. The van der Waals surface area contributed by atoms with Gasteiger partial charge < -0.3 is 15.7 Å². The van der Waals surface area contributed by atoms with Crippen LogP contribution in [0.25, 0.3) is 11.3 Å². The van der Waals surface area contributed by atoms with Crippen LogP contribution in [0.5, 0.6) is 0 Å². The molecule has 0 amide bonds. The van der Waals surface area contributed by atoms with E-state index in [-0.39, 0.29) is 18.6 Å². The Morgan fingerprint density at radius 2 is 1.86 bits per heavy atom. The molecule has 0 bridgehead atoms. The molecule has 0 radical (unpaired) electrons. The molecule has 3 aromatic heterocycles. The predicted molar refractivity (Wildman–Crippen MR) is 111 cm³/mol. The Hall–Kier alpha value is -3.06. The van der Waals surface area contributed by atoms with Crippen molar-refractivity contribution in [2.24, 2.45) is 5.92 Å². The average molecular weight is 378 g/mol. The van der Waals surface area contributed by atoms with Gasteiger partial charge in [0.15, 0.2) is 0 Å². The Morgan fingerprint density at radius 3 is 2.54 bits per heavy atom. The van der Waals surface area contributed by atoms with Crippen LogP contribution in [0, 0.1) is 5.92 Å². The number of nitrogens with one attached hydrogen (secondary N) is 2. The van der Waals surface area contributed by atoms with E-state index in [0.717, 1.165) is 29.2 Å².